The number of nitrogens with one attached hydrogen (secondary N) is 2. The van der Waals surface area contributed by atoms with E-state index in [0.29, 0.717) is 18.2 Å². The average molecular weight is 279 g/mol. The smallest absolute Gasteiger partial charge is 0.252 e. The zero-order chi connectivity index (χ0) is 14.5. The summed E-state index contributed by atoms with van der Waals surface area (Å²) in [6.07, 6.45) is 6.81. The Bertz CT molecular complexity index is 771. The standard InChI is InChI=1S/C15H13N5O/c21-14-8-13(12-3-6-16-7-4-12)19-15(20-14)18-10-11-2-1-5-17-9-11/h1-9H,10H2,(H2,18,19,20,21). The molecule has 0 aliphatic rings. The molecule has 0 bridgehead atoms. The van der Waals surface area contributed by atoms with E-state index in [1.165, 1.54) is 6.07 Å². The first-order valence-corrected chi connectivity index (χ1v) is 6.46. The van der Waals surface area contributed by atoms with Crippen LogP contribution in [0.1, 0.15) is 5.56 Å². The van der Waals surface area contributed by atoms with Gasteiger partial charge < -0.3 is 5.32 Å². The van der Waals surface area contributed by atoms with Gasteiger partial charge in [0.1, 0.15) is 0 Å². The first-order valence-electron chi connectivity index (χ1n) is 6.46. The fourth-order valence-electron chi connectivity index (χ4n) is 1.90. The van der Waals surface area contributed by atoms with Gasteiger partial charge in [0, 0.05) is 43.0 Å². The molecular weight excluding hydrogens is 266 g/mol. The molecule has 0 aliphatic carbocycles. The predicted octanol–water partition coefficient (Wildman–Crippen LogP) is 1.84. The molecule has 3 rings (SSSR count). The van der Waals surface area contributed by atoms with E-state index in [-0.39, 0.29) is 5.56 Å². The Hall–Kier alpha value is -3.02. The molecule has 3 aromatic rings. The van der Waals surface area contributed by atoms with Crippen LogP contribution in [0.2, 0.25) is 0 Å². The maximum Gasteiger partial charge on any atom is 0.252 e. The van der Waals surface area contributed by atoms with Gasteiger partial charge >= 0.3 is 0 Å². The van der Waals surface area contributed by atoms with Crippen molar-refractivity contribution in [2.75, 3.05) is 5.32 Å². The van der Waals surface area contributed by atoms with E-state index in [1.54, 1.807) is 24.8 Å². The van der Waals surface area contributed by atoms with Crippen LogP contribution >= 0.6 is 0 Å². The summed E-state index contributed by atoms with van der Waals surface area (Å²) < 4.78 is 0. The summed E-state index contributed by atoms with van der Waals surface area (Å²) in [4.78, 5) is 26.8. The maximum atomic E-state index is 11.7. The van der Waals surface area contributed by atoms with Gasteiger partial charge in [-0.25, -0.2) is 4.98 Å². The highest BCUT2D eigenvalue weighted by Gasteiger charge is 2.03. The summed E-state index contributed by atoms with van der Waals surface area (Å²) >= 11 is 0. The zero-order valence-electron chi connectivity index (χ0n) is 11.2. The van der Waals surface area contributed by atoms with Crippen LogP contribution in [0.3, 0.4) is 0 Å². The predicted molar refractivity (Wildman–Crippen MR) is 79.7 cm³/mol. The van der Waals surface area contributed by atoms with Gasteiger partial charge in [-0.05, 0) is 23.8 Å². The lowest BCUT2D eigenvalue weighted by Crippen LogP contribution is -2.12. The molecular formula is C15H13N5O. The second kappa shape index (κ2) is 5.96. The van der Waals surface area contributed by atoms with Gasteiger partial charge in [0.2, 0.25) is 5.95 Å². The fourth-order valence-corrected chi connectivity index (χ4v) is 1.90. The number of pyridine rings is 2. The number of nitrogens with zero attached hydrogens (tertiary/aromatic N) is 3. The Morgan fingerprint density at radius 1 is 1.10 bits per heavy atom. The summed E-state index contributed by atoms with van der Waals surface area (Å²) in [5, 5.41) is 3.09. The molecule has 0 saturated carbocycles. The third kappa shape index (κ3) is 3.30. The van der Waals surface area contributed by atoms with Crippen LogP contribution < -0.4 is 10.9 Å². The summed E-state index contributed by atoms with van der Waals surface area (Å²) in [5.41, 5.74) is 2.26. The van der Waals surface area contributed by atoms with Crippen molar-refractivity contribution in [2.45, 2.75) is 6.54 Å². The molecule has 6 heteroatoms. The number of rotatable bonds is 4. The molecule has 0 unspecified atom stereocenters. The monoisotopic (exact) mass is 279 g/mol. The quantitative estimate of drug-likeness (QED) is 0.761. The number of hydrogen-bond donors (Lipinski definition) is 2. The molecule has 0 fully saturated rings. The van der Waals surface area contributed by atoms with Crippen molar-refractivity contribution in [3.8, 4) is 11.3 Å². The third-order valence-electron chi connectivity index (χ3n) is 2.90. The molecule has 0 amide bonds. The molecule has 0 radical (unpaired) electrons. The zero-order valence-corrected chi connectivity index (χ0v) is 11.2. The first-order chi connectivity index (χ1) is 10.3. The summed E-state index contributed by atoms with van der Waals surface area (Å²) in [5.74, 6) is 0.429. The molecule has 0 saturated heterocycles. The van der Waals surface area contributed by atoms with Crippen LogP contribution in [0.25, 0.3) is 11.3 Å². The van der Waals surface area contributed by atoms with E-state index < -0.39 is 0 Å². The average Bonchev–Trinajstić information content (AvgIpc) is 2.54. The molecule has 2 N–H and O–H groups in total. The van der Waals surface area contributed by atoms with Crippen LogP contribution in [-0.2, 0) is 6.54 Å². The van der Waals surface area contributed by atoms with Gasteiger partial charge in [-0.15, -0.1) is 0 Å². The highest BCUT2D eigenvalue weighted by atomic mass is 16.1. The van der Waals surface area contributed by atoms with Crippen LogP contribution in [0.5, 0.6) is 0 Å². The molecule has 3 aromatic heterocycles. The molecule has 0 aromatic carbocycles. The Balaban J connectivity index is 1.83. The van der Waals surface area contributed by atoms with E-state index in [0.717, 1.165) is 11.1 Å². The van der Waals surface area contributed by atoms with Crippen LogP contribution in [0, 0.1) is 0 Å². The van der Waals surface area contributed by atoms with Crippen molar-refractivity contribution in [1.29, 1.82) is 0 Å². The topological polar surface area (TPSA) is 83.6 Å². The molecule has 0 atom stereocenters. The van der Waals surface area contributed by atoms with E-state index in [4.69, 9.17) is 0 Å². The molecule has 0 spiro atoms. The summed E-state index contributed by atoms with van der Waals surface area (Å²) in [6, 6.07) is 8.90. The number of aromatic nitrogens is 4. The highest BCUT2D eigenvalue weighted by Crippen LogP contribution is 2.14. The minimum absolute atomic E-state index is 0.203. The van der Waals surface area contributed by atoms with Gasteiger partial charge in [-0.3, -0.25) is 19.7 Å². The van der Waals surface area contributed by atoms with Crippen molar-refractivity contribution in [2.24, 2.45) is 0 Å². The Labute approximate surface area is 121 Å². The Kier molecular flexibility index (Phi) is 3.68. The molecule has 6 nitrogen and oxygen atoms in total. The molecule has 3 heterocycles. The molecule has 104 valence electrons. The van der Waals surface area contributed by atoms with Crippen molar-refractivity contribution in [3.63, 3.8) is 0 Å². The molecule has 21 heavy (non-hydrogen) atoms. The first kappa shape index (κ1) is 13.0. The lowest BCUT2D eigenvalue weighted by molar-refractivity contribution is 1.03. The van der Waals surface area contributed by atoms with Crippen molar-refractivity contribution in [1.82, 2.24) is 19.9 Å². The Morgan fingerprint density at radius 3 is 2.71 bits per heavy atom. The lowest BCUT2D eigenvalue weighted by Gasteiger charge is -2.07. The van der Waals surface area contributed by atoms with Gasteiger partial charge in [0.05, 0.1) is 5.69 Å². The molecule has 0 aliphatic heterocycles. The number of H-pyrrole nitrogens is 1. The largest absolute Gasteiger partial charge is 0.352 e. The van der Waals surface area contributed by atoms with Crippen molar-refractivity contribution in [3.05, 3.63) is 71.0 Å². The SMILES string of the molecule is O=c1cc(-c2ccncc2)nc(NCc2cccnc2)[nH]1. The highest BCUT2D eigenvalue weighted by molar-refractivity contribution is 5.58. The van der Waals surface area contributed by atoms with Crippen molar-refractivity contribution < 1.29 is 0 Å². The fraction of sp³-hybridized carbons (Fsp3) is 0.0667. The second-order valence-electron chi connectivity index (χ2n) is 4.43. The van der Waals surface area contributed by atoms with Gasteiger partial charge in [0.25, 0.3) is 5.56 Å². The number of aromatic amines is 1. The summed E-state index contributed by atoms with van der Waals surface area (Å²) in [6.45, 7) is 0.538. The Morgan fingerprint density at radius 2 is 1.95 bits per heavy atom. The van der Waals surface area contributed by atoms with E-state index in [9.17, 15) is 4.79 Å². The van der Waals surface area contributed by atoms with E-state index in [1.807, 2.05) is 24.3 Å². The minimum atomic E-state index is -0.203. The number of hydrogen-bond acceptors (Lipinski definition) is 5. The van der Waals surface area contributed by atoms with Crippen LogP contribution in [-0.4, -0.2) is 19.9 Å². The second-order valence-corrected chi connectivity index (χ2v) is 4.43. The normalized spacial score (nSPS) is 10.3. The van der Waals surface area contributed by atoms with Crippen LogP contribution in [0.4, 0.5) is 5.95 Å². The van der Waals surface area contributed by atoms with Crippen molar-refractivity contribution >= 4 is 5.95 Å². The third-order valence-corrected chi connectivity index (χ3v) is 2.90. The van der Waals surface area contributed by atoms with Gasteiger partial charge in [-0.1, -0.05) is 6.07 Å². The lowest BCUT2D eigenvalue weighted by atomic mass is 10.2. The van der Waals surface area contributed by atoms with Crippen LogP contribution in [0.15, 0.2) is 59.9 Å². The van der Waals surface area contributed by atoms with E-state index in [2.05, 4.69) is 25.3 Å². The minimum Gasteiger partial charge on any atom is -0.352 e. The number of anilines is 1. The maximum absolute atomic E-state index is 11.7. The summed E-state index contributed by atoms with van der Waals surface area (Å²) in [7, 11) is 0. The van der Waals surface area contributed by atoms with Gasteiger partial charge in [0.15, 0.2) is 0 Å². The van der Waals surface area contributed by atoms with Gasteiger partial charge in [-0.2, -0.15) is 0 Å². The van der Waals surface area contributed by atoms with E-state index >= 15 is 0 Å².